The number of nitrogens with one attached hydrogen (secondary N) is 5. The summed E-state index contributed by atoms with van der Waals surface area (Å²) in [6, 6.07) is 5.76. The van der Waals surface area contributed by atoms with E-state index < -0.39 is 83.2 Å². The van der Waals surface area contributed by atoms with Crippen LogP contribution in [0.5, 0.6) is 0 Å². The van der Waals surface area contributed by atoms with Crippen molar-refractivity contribution in [3.05, 3.63) is 64.1 Å². The number of rotatable bonds is 7. The van der Waals surface area contributed by atoms with Crippen molar-refractivity contribution >= 4 is 47.2 Å². The van der Waals surface area contributed by atoms with Gasteiger partial charge in [0.15, 0.2) is 0 Å². The Kier molecular flexibility index (Phi) is 12.6. The van der Waals surface area contributed by atoms with Gasteiger partial charge in [-0.3, -0.25) is 33.6 Å². The van der Waals surface area contributed by atoms with Gasteiger partial charge in [0.2, 0.25) is 29.5 Å². The Morgan fingerprint density at radius 3 is 2.33 bits per heavy atom. The first-order valence-corrected chi connectivity index (χ1v) is 17.6. The molecule has 0 radical (unpaired) electrons. The fraction of sp³-hybridized carbons (Fsp3) is 0.515. The lowest BCUT2D eigenvalue weighted by Gasteiger charge is -2.32. The molecule has 1 aromatic carbocycles. The predicted octanol–water partition coefficient (Wildman–Crippen LogP) is -0.376. The summed E-state index contributed by atoms with van der Waals surface area (Å²) in [5, 5.41) is 17.9. The number of carbonyl (C=O) groups is 6. The largest absolute Gasteiger partial charge is 0.347 e. The summed E-state index contributed by atoms with van der Waals surface area (Å²) < 4.78 is 1.02. The third-order valence-electron chi connectivity index (χ3n) is 8.57. The fourth-order valence-electron chi connectivity index (χ4n) is 5.81. The fourth-order valence-corrected chi connectivity index (χ4v) is 6.29. The second-order valence-electron chi connectivity index (χ2n) is 12.6. The number of fused-ring (bicyclic) bond motifs is 1. The molecular weight excluding hydrogens is 652 g/mol. The molecule has 49 heavy (non-hydrogen) atoms. The lowest BCUT2D eigenvalue weighted by Crippen LogP contribution is -2.59. The number of nitrogens with zero attached hydrogens (tertiary/aromatic N) is 3. The number of thioether (sulfide) groups is 1. The average Bonchev–Trinajstić information content (AvgIpc) is 3.49. The molecule has 0 aliphatic carbocycles. The van der Waals surface area contributed by atoms with E-state index in [2.05, 4.69) is 31.7 Å². The summed E-state index contributed by atoms with van der Waals surface area (Å²) in [5.74, 6) is -3.22. The van der Waals surface area contributed by atoms with Crippen LogP contribution in [0.1, 0.15) is 62.1 Å². The van der Waals surface area contributed by atoms with Crippen LogP contribution in [0, 0.1) is 5.92 Å². The molecule has 6 atom stereocenters. The van der Waals surface area contributed by atoms with Crippen molar-refractivity contribution in [1.82, 2.24) is 41.3 Å². The quantitative estimate of drug-likeness (QED) is 0.256. The number of hydrogen-bond donors (Lipinski definition) is 5. The van der Waals surface area contributed by atoms with Gasteiger partial charge >= 0.3 is 0 Å². The van der Waals surface area contributed by atoms with Crippen molar-refractivity contribution < 1.29 is 28.8 Å². The van der Waals surface area contributed by atoms with E-state index in [4.69, 9.17) is 0 Å². The summed E-state index contributed by atoms with van der Waals surface area (Å²) in [4.78, 5) is 94.6. The van der Waals surface area contributed by atoms with Gasteiger partial charge in [-0.2, -0.15) is 16.9 Å². The van der Waals surface area contributed by atoms with Crippen LogP contribution in [0.3, 0.4) is 0 Å². The smallest absolute Gasteiger partial charge is 0.272 e. The predicted molar refractivity (Wildman–Crippen MR) is 182 cm³/mol. The third-order valence-corrected chi connectivity index (χ3v) is 9.21. The Labute approximate surface area is 288 Å². The van der Waals surface area contributed by atoms with Gasteiger partial charge < -0.3 is 31.5 Å². The molecule has 5 N–H and O–H groups in total. The minimum Gasteiger partial charge on any atom is -0.347 e. The first-order chi connectivity index (χ1) is 23.3. The number of aromatic nitrogens is 2. The first-order valence-electron chi connectivity index (χ1n) is 16.2. The van der Waals surface area contributed by atoms with Crippen LogP contribution >= 0.6 is 11.8 Å². The molecule has 2 aromatic rings. The van der Waals surface area contributed by atoms with Gasteiger partial charge in [-0.05, 0) is 49.3 Å². The van der Waals surface area contributed by atoms with E-state index >= 15 is 0 Å². The minimum absolute atomic E-state index is 0.0151. The molecule has 4 rings (SSSR count). The standard InChI is InChI=1S/C33H44N8O7S/c1-18(2)28-33(48)41-17-21(35-31(46)23-11-12-27(43)40(4)39-23)15-25(41)32(47)34-19(3)29(44)37-24(20-9-7-6-8-10-20)16-26(42)36-22(13-14-49-5)30(45)38-28/h6-12,18-19,21-22,24-25,28H,13-17H2,1-5H3,(H,34,47)(H,35,46)(H,36,42)(H,37,44)(H,38,45)/t19-,21-,22-,24-,25-,28-/m0/s1. The van der Waals surface area contributed by atoms with Crippen LogP contribution in [0.25, 0.3) is 0 Å². The van der Waals surface area contributed by atoms with Gasteiger partial charge in [0.05, 0.1) is 12.5 Å². The minimum atomic E-state index is -1.09. The van der Waals surface area contributed by atoms with Gasteiger partial charge in [0.1, 0.15) is 29.9 Å². The molecule has 16 heteroatoms. The molecule has 2 aliphatic heterocycles. The Morgan fingerprint density at radius 2 is 1.67 bits per heavy atom. The van der Waals surface area contributed by atoms with Crippen molar-refractivity contribution in [2.75, 3.05) is 18.6 Å². The topological polar surface area (TPSA) is 201 Å². The third kappa shape index (κ3) is 9.46. The number of benzene rings is 1. The van der Waals surface area contributed by atoms with Gasteiger partial charge in [-0.15, -0.1) is 0 Å². The lowest BCUT2D eigenvalue weighted by atomic mass is 10.0. The van der Waals surface area contributed by atoms with Crippen LogP contribution in [0.4, 0.5) is 0 Å². The molecule has 3 heterocycles. The highest BCUT2D eigenvalue weighted by molar-refractivity contribution is 7.98. The van der Waals surface area contributed by atoms with Gasteiger partial charge in [-0.1, -0.05) is 44.2 Å². The van der Waals surface area contributed by atoms with E-state index in [1.54, 1.807) is 44.2 Å². The van der Waals surface area contributed by atoms with E-state index in [0.717, 1.165) is 4.68 Å². The van der Waals surface area contributed by atoms with Gasteiger partial charge in [0.25, 0.3) is 11.5 Å². The van der Waals surface area contributed by atoms with E-state index in [1.165, 1.54) is 42.8 Å². The van der Waals surface area contributed by atoms with Crippen LogP contribution in [0.2, 0.25) is 0 Å². The normalized spacial score (nSPS) is 25.6. The van der Waals surface area contributed by atoms with Gasteiger partial charge in [0, 0.05) is 25.7 Å². The van der Waals surface area contributed by atoms with Crippen LogP contribution in [0.15, 0.2) is 47.3 Å². The molecule has 6 amide bonds. The maximum atomic E-state index is 14.2. The zero-order chi connectivity index (χ0) is 35.8. The Hall–Kier alpha value is -4.73. The van der Waals surface area contributed by atoms with Crippen molar-refractivity contribution in [2.45, 2.75) is 76.3 Å². The number of hydrogen-bond acceptors (Lipinski definition) is 9. The van der Waals surface area contributed by atoms with Crippen molar-refractivity contribution in [1.29, 1.82) is 0 Å². The monoisotopic (exact) mass is 696 g/mol. The second-order valence-corrected chi connectivity index (χ2v) is 13.6. The first kappa shape index (κ1) is 37.1. The van der Waals surface area contributed by atoms with Crippen LogP contribution in [-0.2, 0) is 31.0 Å². The number of carbonyl (C=O) groups excluding carboxylic acids is 6. The number of amides is 6. The zero-order valence-electron chi connectivity index (χ0n) is 28.2. The maximum Gasteiger partial charge on any atom is 0.272 e. The summed E-state index contributed by atoms with van der Waals surface area (Å²) in [5.41, 5.74) is 0.239. The highest BCUT2D eigenvalue weighted by Crippen LogP contribution is 2.23. The lowest BCUT2D eigenvalue weighted by molar-refractivity contribution is -0.143. The van der Waals surface area contributed by atoms with E-state index in [0.29, 0.717) is 17.7 Å². The van der Waals surface area contributed by atoms with E-state index in [9.17, 15) is 33.6 Å². The summed E-state index contributed by atoms with van der Waals surface area (Å²) >= 11 is 1.50. The molecule has 2 saturated heterocycles. The highest BCUT2D eigenvalue weighted by Gasteiger charge is 2.44. The molecule has 1 aromatic heterocycles. The zero-order valence-corrected chi connectivity index (χ0v) is 29.0. The van der Waals surface area contributed by atoms with Crippen molar-refractivity contribution in [3.8, 4) is 0 Å². The summed E-state index contributed by atoms with van der Waals surface area (Å²) in [6.45, 7) is 4.93. The number of aryl methyl sites for hydroxylation is 1. The molecule has 0 saturated carbocycles. The average molecular weight is 697 g/mol. The Balaban J connectivity index is 1.68. The second kappa shape index (κ2) is 16.6. The van der Waals surface area contributed by atoms with Gasteiger partial charge in [-0.25, -0.2) is 4.68 Å². The molecule has 0 spiro atoms. The van der Waals surface area contributed by atoms with Crippen LogP contribution < -0.4 is 32.1 Å². The van der Waals surface area contributed by atoms with Crippen molar-refractivity contribution in [3.63, 3.8) is 0 Å². The van der Waals surface area contributed by atoms with E-state index in [-0.39, 0.29) is 25.1 Å². The Morgan fingerprint density at radius 1 is 0.959 bits per heavy atom. The molecular formula is C33H44N8O7S. The summed E-state index contributed by atoms with van der Waals surface area (Å²) in [6.07, 6.45) is 2.01. The maximum absolute atomic E-state index is 14.2. The highest BCUT2D eigenvalue weighted by atomic mass is 32.2. The molecule has 2 aliphatic rings. The molecule has 2 fully saturated rings. The van der Waals surface area contributed by atoms with Crippen molar-refractivity contribution in [2.24, 2.45) is 13.0 Å². The molecule has 15 nitrogen and oxygen atoms in total. The Bertz CT molecular complexity index is 1620. The SMILES string of the molecule is CSCC[C@@H]1NC(=O)C[C@@H](c2ccccc2)NC(=O)[C@H](C)NC(=O)[C@@H]2C[C@H](NC(=O)c3ccc(=O)n(C)n3)CN2C(=O)[C@H](C(C)C)NC1=O. The molecule has 264 valence electrons. The molecule has 0 bridgehead atoms. The summed E-state index contributed by atoms with van der Waals surface area (Å²) in [7, 11) is 1.41. The van der Waals surface area contributed by atoms with E-state index in [1.807, 2.05) is 6.26 Å². The van der Waals surface area contributed by atoms with Crippen LogP contribution in [-0.4, -0.2) is 98.9 Å². The molecule has 0 unspecified atom stereocenters.